The first-order chi connectivity index (χ1) is 5.75. The maximum absolute atomic E-state index is 3.51. The Morgan fingerprint density at radius 2 is 2.25 bits per heavy atom. The standard InChI is InChI=1S/C10H15BrS/c1-8(2)9(5-6-11)10-4-3-7-12-10/h3-4,7-9H,5-6H2,1-2H3. The van der Waals surface area contributed by atoms with Gasteiger partial charge in [0.1, 0.15) is 0 Å². The molecule has 1 heterocycles. The highest BCUT2D eigenvalue weighted by molar-refractivity contribution is 9.09. The second-order valence-corrected chi connectivity index (χ2v) is 5.12. The van der Waals surface area contributed by atoms with Crippen molar-refractivity contribution >= 4 is 27.3 Å². The van der Waals surface area contributed by atoms with Crippen LogP contribution in [0.3, 0.4) is 0 Å². The molecule has 1 rings (SSSR count). The summed E-state index contributed by atoms with van der Waals surface area (Å²) in [5.41, 5.74) is 0. The van der Waals surface area contributed by atoms with Crippen molar-refractivity contribution < 1.29 is 0 Å². The Kier molecular flexibility index (Phi) is 4.30. The molecule has 0 nitrogen and oxygen atoms in total. The fourth-order valence-corrected chi connectivity index (χ4v) is 2.95. The highest BCUT2D eigenvalue weighted by Gasteiger charge is 2.15. The molecule has 1 unspecified atom stereocenters. The fourth-order valence-electron chi connectivity index (χ4n) is 1.42. The van der Waals surface area contributed by atoms with E-state index >= 15 is 0 Å². The zero-order valence-corrected chi connectivity index (χ0v) is 9.99. The Labute approximate surface area is 87.1 Å². The van der Waals surface area contributed by atoms with Crippen molar-refractivity contribution in [2.24, 2.45) is 5.92 Å². The molecule has 0 aliphatic heterocycles. The van der Waals surface area contributed by atoms with Crippen LogP contribution in [0.15, 0.2) is 17.5 Å². The van der Waals surface area contributed by atoms with Crippen LogP contribution in [0.4, 0.5) is 0 Å². The lowest BCUT2D eigenvalue weighted by atomic mass is 9.92. The zero-order chi connectivity index (χ0) is 8.97. The Morgan fingerprint density at radius 3 is 2.67 bits per heavy atom. The van der Waals surface area contributed by atoms with Crippen LogP contribution in [0.1, 0.15) is 31.1 Å². The molecule has 0 aliphatic carbocycles. The van der Waals surface area contributed by atoms with Gasteiger partial charge in [-0.05, 0) is 29.7 Å². The van der Waals surface area contributed by atoms with Crippen molar-refractivity contribution in [2.45, 2.75) is 26.2 Å². The van der Waals surface area contributed by atoms with Gasteiger partial charge in [0, 0.05) is 10.2 Å². The van der Waals surface area contributed by atoms with Crippen LogP contribution in [0, 0.1) is 5.92 Å². The van der Waals surface area contributed by atoms with Gasteiger partial charge in [0.25, 0.3) is 0 Å². The molecule has 0 bridgehead atoms. The van der Waals surface area contributed by atoms with Crippen LogP contribution in [0.2, 0.25) is 0 Å². The quantitative estimate of drug-likeness (QED) is 0.697. The third-order valence-corrected chi connectivity index (χ3v) is 3.60. The van der Waals surface area contributed by atoms with Gasteiger partial charge in [0.15, 0.2) is 0 Å². The van der Waals surface area contributed by atoms with E-state index in [2.05, 4.69) is 47.3 Å². The van der Waals surface area contributed by atoms with E-state index in [1.54, 1.807) is 0 Å². The van der Waals surface area contributed by atoms with Gasteiger partial charge in [-0.25, -0.2) is 0 Å². The Balaban J connectivity index is 2.66. The van der Waals surface area contributed by atoms with Gasteiger partial charge in [-0.1, -0.05) is 35.8 Å². The van der Waals surface area contributed by atoms with Crippen molar-refractivity contribution in [2.75, 3.05) is 5.33 Å². The summed E-state index contributed by atoms with van der Waals surface area (Å²) in [6, 6.07) is 4.39. The van der Waals surface area contributed by atoms with Gasteiger partial charge in [-0.2, -0.15) is 0 Å². The molecular formula is C10H15BrS. The van der Waals surface area contributed by atoms with Crippen LogP contribution in [-0.4, -0.2) is 5.33 Å². The molecule has 0 aliphatic rings. The fraction of sp³-hybridized carbons (Fsp3) is 0.600. The summed E-state index contributed by atoms with van der Waals surface area (Å²) in [7, 11) is 0. The predicted molar refractivity (Wildman–Crippen MR) is 60.3 cm³/mol. The topological polar surface area (TPSA) is 0 Å². The van der Waals surface area contributed by atoms with Crippen LogP contribution in [-0.2, 0) is 0 Å². The van der Waals surface area contributed by atoms with E-state index < -0.39 is 0 Å². The van der Waals surface area contributed by atoms with E-state index in [1.165, 1.54) is 11.3 Å². The number of rotatable bonds is 4. The number of thiophene rings is 1. The molecule has 1 aromatic rings. The maximum Gasteiger partial charge on any atom is 0.00790 e. The van der Waals surface area contributed by atoms with Crippen molar-refractivity contribution in [1.29, 1.82) is 0 Å². The minimum Gasteiger partial charge on any atom is -0.149 e. The molecular weight excluding hydrogens is 232 g/mol. The first-order valence-electron chi connectivity index (χ1n) is 4.35. The molecule has 68 valence electrons. The largest absolute Gasteiger partial charge is 0.149 e. The average Bonchev–Trinajstić information content (AvgIpc) is 2.51. The van der Waals surface area contributed by atoms with Crippen molar-refractivity contribution in [1.82, 2.24) is 0 Å². The van der Waals surface area contributed by atoms with Crippen LogP contribution < -0.4 is 0 Å². The molecule has 0 spiro atoms. The van der Waals surface area contributed by atoms with E-state index in [-0.39, 0.29) is 0 Å². The SMILES string of the molecule is CC(C)C(CCBr)c1cccs1. The Hall–Kier alpha value is 0.180. The van der Waals surface area contributed by atoms with E-state index in [0.29, 0.717) is 0 Å². The van der Waals surface area contributed by atoms with E-state index in [4.69, 9.17) is 0 Å². The third-order valence-electron chi connectivity index (χ3n) is 2.13. The minimum atomic E-state index is 0.740. The maximum atomic E-state index is 3.51. The van der Waals surface area contributed by atoms with Gasteiger partial charge < -0.3 is 0 Å². The van der Waals surface area contributed by atoms with Gasteiger partial charge >= 0.3 is 0 Å². The molecule has 1 atom stereocenters. The summed E-state index contributed by atoms with van der Waals surface area (Å²) in [6.45, 7) is 4.60. The summed E-state index contributed by atoms with van der Waals surface area (Å²) < 4.78 is 0. The Morgan fingerprint density at radius 1 is 1.50 bits per heavy atom. The molecule has 1 aromatic heterocycles. The minimum absolute atomic E-state index is 0.740. The van der Waals surface area contributed by atoms with Crippen LogP contribution >= 0.6 is 27.3 Å². The molecule has 0 radical (unpaired) electrons. The third kappa shape index (κ3) is 2.60. The lowest BCUT2D eigenvalue weighted by Crippen LogP contribution is -2.05. The monoisotopic (exact) mass is 246 g/mol. The number of halogens is 1. The van der Waals surface area contributed by atoms with E-state index in [1.807, 2.05) is 11.3 Å². The zero-order valence-electron chi connectivity index (χ0n) is 7.59. The first kappa shape index (κ1) is 10.3. The van der Waals surface area contributed by atoms with Crippen molar-refractivity contribution in [3.05, 3.63) is 22.4 Å². The van der Waals surface area contributed by atoms with Gasteiger partial charge in [0.05, 0.1) is 0 Å². The van der Waals surface area contributed by atoms with Crippen LogP contribution in [0.5, 0.6) is 0 Å². The smallest absolute Gasteiger partial charge is 0.00790 e. The highest BCUT2D eigenvalue weighted by Crippen LogP contribution is 2.31. The second-order valence-electron chi connectivity index (χ2n) is 3.34. The summed E-state index contributed by atoms with van der Waals surface area (Å²) in [4.78, 5) is 1.53. The number of alkyl halides is 1. The average molecular weight is 247 g/mol. The number of hydrogen-bond donors (Lipinski definition) is 0. The summed E-state index contributed by atoms with van der Waals surface area (Å²) >= 11 is 5.39. The Bertz CT molecular complexity index is 204. The summed E-state index contributed by atoms with van der Waals surface area (Å²) in [5.74, 6) is 1.49. The molecule has 0 saturated carbocycles. The van der Waals surface area contributed by atoms with Gasteiger partial charge in [-0.3, -0.25) is 0 Å². The van der Waals surface area contributed by atoms with Gasteiger partial charge in [0.2, 0.25) is 0 Å². The van der Waals surface area contributed by atoms with Crippen molar-refractivity contribution in [3.8, 4) is 0 Å². The summed E-state index contributed by atoms with van der Waals surface area (Å²) in [6.07, 6.45) is 1.25. The van der Waals surface area contributed by atoms with E-state index in [9.17, 15) is 0 Å². The molecule has 0 fully saturated rings. The second kappa shape index (κ2) is 5.03. The lowest BCUT2D eigenvalue weighted by Gasteiger charge is -2.17. The molecule has 0 aromatic carbocycles. The van der Waals surface area contributed by atoms with E-state index in [0.717, 1.165) is 17.2 Å². The summed E-state index contributed by atoms with van der Waals surface area (Å²) in [5, 5.41) is 3.27. The number of hydrogen-bond acceptors (Lipinski definition) is 1. The van der Waals surface area contributed by atoms with Crippen LogP contribution in [0.25, 0.3) is 0 Å². The molecule has 0 amide bonds. The lowest BCUT2D eigenvalue weighted by molar-refractivity contribution is 0.496. The van der Waals surface area contributed by atoms with Gasteiger partial charge in [-0.15, -0.1) is 11.3 Å². The molecule has 12 heavy (non-hydrogen) atoms. The molecule has 2 heteroatoms. The molecule has 0 saturated heterocycles. The first-order valence-corrected chi connectivity index (χ1v) is 6.35. The molecule has 0 N–H and O–H groups in total. The van der Waals surface area contributed by atoms with Crippen molar-refractivity contribution in [3.63, 3.8) is 0 Å². The highest BCUT2D eigenvalue weighted by atomic mass is 79.9. The normalized spacial score (nSPS) is 13.7. The predicted octanol–water partition coefficient (Wildman–Crippen LogP) is 4.27.